The zero-order valence-corrected chi connectivity index (χ0v) is 17.5. The van der Waals surface area contributed by atoms with Crippen LogP contribution in [0.15, 0.2) is 48.5 Å². The fraction of sp³-hybridized carbons (Fsp3) is 0.350. The standard InChI is InChI=1S/C20H25N3O5S/c1-4-18(20(24)21-13-12-16-8-6-5-7-9-16)22(29(3,27)28)19-14-17(23(25)26)11-10-15(19)2/h5-11,14,18H,4,12-13H2,1-3H3,(H,21,24)/t18-/m1/s1. The Morgan fingerprint density at radius 1 is 1.21 bits per heavy atom. The molecule has 0 heterocycles. The lowest BCUT2D eigenvalue weighted by molar-refractivity contribution is -0.384. The molecule has 156 valence electrons. The summed E-state index contributed by atoms with van der Waals surface area (Å²) in [4.78, 5) is 23.4. The highest BCUT2D eigenvalue weighted by Gasteiger charge is 2.33. The molecule has 0 unspecified atom stereocenters. The Kier molecular flexibility index (Phi) is 7.33. The predicted molar refractivity (Wildman–Crippen MR) is 112 cm³/mol. The maximum atomic E-state index is 12.8. The van der Waals surface area contributed by atoms with Gasteiger partial charge in [-0.1, -0.05) is 43.3 Å². The van der Waals surface area contributed by atoms with Gasteiger partial charge in [0.1, 0.15) is 6.04 Å². The highest BCUT2D eigenvalue weighted by atomic mass is 32.2. The van der Waals surface area contributed by atoms with Gasteiger partial charge in [0.15, 0.2) is 0 Å². The maximum Gasteiger partial charge on any atom is 0.271 e. The minimum Gasteiger partial charge on any atom is -0.354 e. The zero-order valence-electron chi connectivity index (χ0n) is 16.7. The number of rotatable bonds is 9. The van der Waals surface area contributed by atoms with Crippen molar-refractivity contribution in [3.63, 3.8) is 0 Å². The van der Waals surface area contributed by atoms with Gasteiger partial charge < -0.3 is 5.32 Å². The molecule has 8 nitrogen and oxygen atoms in total. The number of hydrogen-bond acceptors (Lipinski definition) is 5. The van der Waals surface area contributed by atoms with E-state index in [1.807, 2.05) is 30.3 Å². The average molecular weight is 420 g/mol. The first-order valence-corrected chi connectivity index (χ1v) is 11.1. The van der Waals surface area contributed by atoms with Crippen LogP contribution in [-0.4, -0.2) is 38.1 Å². The van der Waals surface area contributed by atoms with Crippen LogP contribution in [0.3, 0.4) is 0 Å². The molecular weight excluding hydrogens is 394 g/mol. The molecule has 0 aliphatic carbocycles. The summed E-state index contributed by atoms with van der Waals surface area (Å²) in [5.41, 5.74) is 1.47. The summed E-state index contributed by atoms with van der Waals surface area (Å²) in [7, 11) is -3.87. The molecule has 1 amide bonds. The number of hydrogen-bond donors (Lipinski definition) is 1. The van der Waals surface area contributed by atoms with Gasteiger partial charge in [0.05, 0.1) is 16.9 Å². The third-order valence-electron chi connectivity index (χ3n) is 4.53. The van der Waals surface area contributed by atoms with Crippen molar-refractivity contribution in [2.75, 3.05) is 17.1 Å². The molecule has 0 aliphatic rings. The summed E-state index contributed by atoms with van der Waals surface area (Å²) in [6, 6.07) is 12.6. The number of non-ortho nitro benzene ring substituents is 1. The number of nitrogens with zero attached hydrogens (tertiary/aromatic N) is 2. The van der Waals surface area contributed by atoms with Gasteiger partial charge in [0.25, 0.3) is 5.69 Å². The number of nitro groups is 1. The summed E-state index contributed by atoms with van der Waals surface area (Å²) in [5, 5.41) is 13.9. The SMILES string of the molecule is CC[C@H](C(=O)NCCc1ccccc1)N(c1cc([N+](=O)[O-])ccc1C)S(C)(=O)=O. The molecule has 9 heteroatoms. The number of aryl methyl sites for hydroxylation is 1. The zero-order chi connectivity index (χ0) is 21.6. The van der Waals surface area contributed by atoms with Crippen molar-refractivity contribution < 1.29 is 18.1 Å². The summed E-state index contributed by atoms with van der Waals surface area (Å²) in [5.74, 6) is -0.445. The van der Waals surface area contributed by atoms with Crippen LogP contribution in [0.25, 0.3) is 0 Å². The molecule has 29 heavy (non-hydrogen) atoms. The topological polar surface area (TPSA) is 110 Å². The van der Waals surface area contributed by atoms with Crippen LogP contribution in [0.4, 0.5) is 11.4 Å². The van der Waals surface area contributed by atoms with Crippen LogP contribution in [0.1, 0.15) is 24.5 Å². The van der Waals surface area contributed by atoms with E-state index in [1.165, 1.54) is 18.2 Å². The third-order valence-corrected chi connectivity index (χ3v) is 5.69. The van der Waals surface area contributed by atoms with Crippen molar-refractivity contribution in [1.82, 2.24) is 5.32 Å². The second kappa shape index (κ2) is 9.51. The lowest BCUT2D eigenvalue weighted by Crippen LogP contribution is -2.49. The number of carbonyl (C=O) groups excluding carboxylic acids is 1. The molecular formula is C20H25N3O5S. The van der Waals surface area contributed by atoms with E-state index in [0.29, 0.717) is 18.5 Å². The van der Waals surface area contributed by atoms with Crippen molar-refractivity contribution >= 4 is 27.3 Å². The predicted octanol–water partition coefficient (Wildman–Crippen LogP) is 2.81. The Labute approximate surface area is 170 Å². The second-order valence-corrected chi connectivity index (χ2v) is 8.60. The molecule has 0 saturated carbocycles. The first kappa shape index (κ1) is 22.4. The van der Waals surface area contributed by atoms with E-state index >= 15 is 0 Å². The van der Waals surface area contributed by atoms with Gasteiger partial charge in [-0.3, -0.25) is 19.2 Å². The molecule has 0 radical (unpaired) electrons. The smallest absolute Gasteiger partial charge is 0.271 e. The van der Waals surface area contributed by atoms with E-state index in [-0.39, 0.29) is 17.8 Å². The summed E-state index contributed by atoms with van der Waals surface area (Å²) < 4.78 is 26.1. The van der Waals surface area contributed by atoms with E-state index < -0.39 is 26.9 Å². The first-order chi connectivity index (χ1) is 13.6. The van der Waals surface area contributed by atoms with Crippen LogP contribution in [0.2, 0.25) is 0 Å². The van der Waals surface area contributed by atoms with Crippen molar-refractivity contribution in [2.24, 2.45) is 0 Å². The lowest BCUT2D eigenvalue weighted by Gasteiger charge is -2.31. The van der Waals surface area contributed by atoms with Crippen LogP contribution in [0, 0.1) is 17.0 Å². The van der Waals surface area contributed by atoms with Crippen LogP contribution < -0.4 is 9.62 Å². The van der Waals surface area contributed by atoms with Gasteiger partial charge >= 0.3 is 0 Å². The number of nitro benzene ring substituents is 1. The van der Waals surface area contributed by atoms with Crippen molar-refractivity contribution in [1.29, 1.82) is 0 Å². The van der Waals surface area contributed by atoms with Gasteiger partial charge in [0, 0.05) is 18.7 Å². The Morgan fingerprint density at radius 2 is 1.86 bits per heavy atom. The fourth-order valence-corrected chi connectivity index (χ4v) is 4.34. The van der Waals surface area contributed by atoms with E-state index in [9.17, 15) is 23.3 Å². The van der Waals surface area contributed by atoms with Gasteiger partial charge in [-0.15, -0.1) is 0 Å². The minimum absolute atomic E-state index is 0.131. The number of anilines is 1. The van der Waals surface area contributed by atoms with Crippen LogP contribution >= 0.6 is 0 Å². The number of benzene rings is 2. The molecule has 1 N–H and O–H groups in total. The molecule has 0 aliphatic heterocycles. The molecule has 2 aromatic carbocycles. The monoisotopic (exact) mass is 419 g/mol. The number of nitrogens with one attached hydrogen (secondary N) is 1. The number of sulfonamides is 1. The van der Waals surface area contributed by atoms with Crippen molar-refractivity contribution in [2.45, 2.75) is 32.7 Å². The molecule has 2 aromatic rings. The first-order valence-electron chi connectivity index (χ1n) is 9.21. The Morgan fingerprint density at radius 3 is 2.41 bits per heavy atom. The van der Waals surface area contributed by atoms with Gasteiger partial charge in [-0.25, -0.2) is 8.42 Å². The van der Waals surface area contributed by atoms with Gasteiger partial charge in [-0.05, 0) is 30.9 Å². The summed E-state index contributed by atoms with van der Waals surface area (Å²) >= 11 is 0. The van der Waals surface area contributed by atoms with Crippen molar-refractivity contribution in [3.05, 3.63) is 69.8 Å². The minimum atomic E-state index is -3.87. The molecule has 0 fully saturated rings. The third kappa shape index (κ3) is 5.77. The largest absolute Gasteiger partial charge is 0.354 e. The van der Waals surface area contributed by atoms with E-state index in [2.05, 4.69) is 5.32 Å². The normalized spacial score (nSPS) is 12.2. The van der Waals surface area contributed by atoms with E-state index in [4.69, 9.17) is 0 Å². The van der Waals surface area contributed by atoms with Gasteiger partial charge in [-0.2, -0.15) is 0 Å². The molecule has 0 spiro atoms. The van der Waals surface area contributed by atoms with Crippen LogP contribution in [-0.2, 0) is 21.2 Å². The highest BCUT2D eigenvalue weighted by molar-refractivity contribution is 7.92. The summed E-state index contributed by atoms with van der Waals surface area (Å²) in [6.07, 6.45) is 1.81. The Balaban J connectivity index is 2.29. The molecule has 1 atom stereocenters. The quantitative estimate of drug-likeness (QED) is 0.496. The van der Waals surface area contributed by atoms with Crippen molar-refractivity contribution in [3.8, 4) is 0 Å². The average Bonchev–Trinajstić information content (AvgIpc) is 2.66. The maximum absolute atomic E-state index is 12.8. The lowest BCUT2D eigenvalue weighted by atomic mass is 10.1. The molecule has 0 saturated heterocycles. The molecule has 2 rings (SSSR count). The fourth-order valence-electron chi connectivity index (χ4n) is 3.08. The number of amides is 1. The van der Waals surface area contributed by atoms with Gasteiger partial charge in [0.2, 0.25) is 15.9 Å². The Hall–Kier alpha value is -2.94. The summed E-state index contributed by atoms with van der Waals surface area (Å²) in [6.45, 7) is 3.70. The second-order valence-electron chi connectivity index (χ2n) is 6.74. The molecule has 0 aromatic heterocycles. The van der Waals surface area contributed by atoms with E-state index in [0.717, 1.165) is 16.1 Å². The van der Waals surface area contributed by atoms with E-state index in [1.54, 1.807) is 13.8 Å². The number of carbonyl (C=O) groups is 1. The van der Waals surface area contributed by atoms with Crippen LogP contribution in [0.5, 0.6) is 0 Å². The molecule has 0 bridgehead atoms. The highest BCUT2D eigenvalue weighted by Crippen LogP contribution is 2.30. The Bertz CT molecular complexity index is 977.